The first-order valence-electron chi connectivity index (χ1n) is 10.8. The molecule has 2 aromatic carbocycles. The van der Waals surface area contributed by atoms with E-state index in [1.807, 2.05) is 13.8 Å². The number of hydrogen-bond donors (Lipinski definition) is 2. The zero-order valence-electron chi connectivity index (χ0n) is 20.1. The number of ketones is 1. The van der Waals surface area contributed by atoms with E-state index in [4.69, 9.17) is 23.1 Å². The third kappa shape index (κ3) is 9.32. The van der Waals surface area contributed by atoms with Gasteiger partial charge in [-0.15, -0.1) is 0 Å². The summed E-state index contributed by atoms with van der Waals surface area (Å²) in [6, 6.07) is 11.8. The molecule has 0 aliphatic heterocycles. The van der Waals surface area contributed by atoms with Crippen LogP contribution in [0.15, 0.2) is 36.4 Å². The summed E-state index contributed by atoms with van der Waals surface area (Å²) in [5.74, 6) is 0.659. The maximum Gasteiger partial charge on any atom is 0.134 e. The fourth-order valence-corrected chi connectivity index (χ4v) is 3.45. The van der Waals surface area contributed by atoms with Crippen molar-refractivity contribution in [2.45, 2.75) is 79.6 Å². The molecule has 0 radical (unpaired) electrons. The van der Waals surface area contributed by atoms with Gasteiger partial charge in [-0.25, -0.2) is 0 Å². The molecular formula is C26H41ClN2O. The van der Waals surface area contributed by atoms with Gasteiger partial charge in [0, 0.05) is 17.1 Å². The number of rotatable bonds is 5. The van der Waals surface area contributed by atoms with Gasteiger partial charge in [-0.1, -0.05) is 78.3 Å². The molecule has 4 heteroatoms. The standard InChI is InChI=1S/C15H25N.C9H10ClNO.C2H6/c1-11(2)12-7-6-8-14(15(3,4)5)13(12)9-10-16;1-6(12)4-7-5-8(11)2-3-9(7)10;1-2/h6-8,11H,9-10,16H2,1-5H3;2-3,5H,4,11H2,1H3;1-2H3. The van der Waals surface area contributed by atoms with Crippen LogP contribution >= 0.6 is 11.6 Å². The normalized spacial score (nSPS) is 10.6. The van der Waals surface area contributed by atoms with E-state index < -0.39 is 0 Å². The second kappa shape index (κ2) is 13.5. The molecule has 0 atom stereocenters. The molecular weight excluding hydrogens is 392 g/mol. The van der Waals surface area contributed by atoms with Crippen molar-refractivity contribution in [3.05, 3.63) is 63.7 Å². The van der Waals surface area contributed by atoms with Crippen molar-refractivity contribution in [3.63, 3.8) is 0 Å². The predicted octanol–water partition coefficient (Wildman–Crippen LogP) is 6.69. The molecule has 0 amide bonds. The third-order valence-electron chi connectivity index (χ3n) is 4.55. The van der Waals surface area contributed by atoms with Crippen LogP contribution in [0, 0.1) is 0 Å². The van der Waals surface area contributed by atoms with Crippen molar-refractivity contribution >= 4 is 23.1 Å². The lowest BCUT2D eigenvalue weighted by molar-refractivity contribution is -0.116. The van der Waals surface area contributed by atoms with E-state index in [1.165, 1.54) is 23.6 Å². The molecule has 0 fully saturated rings. The monoisotopic (exact) mass is 432 g/mol. The van der Waals surface area contributed by atoms with E-state index in [2.05, 4.69) is 52.8 Å². The molecule has 3 nitrogen and oxygen atoms in total. The summed E-state index contributed by atoms with van der Waals surface area (Å²) in [6.07, 6.45) is 1.34. The second-order valence-electron chi connectivity index (χ2n) is 8.55. The topological polar surface area (TPSA) is 69.1 Å². The Labute approximate surface area is 189 Å². The fourth-order valence-electron chi connectivity index (χ4n) is 3.27. The Balaban J connectivity index is 0.000000535. The average Bonchev–Trinajstić information content (AvgIpc) is 2.66. The Hall–Kier alpha value is -1.84. The summed E-state index contributed by atoms with van der Waals surface area (Å²) < 4.78 is 0. The maximum atomic E-state index is 10.8. The van der Waals surface area contributed by atoms with Crippen LogP contribution in [-0.2, 0) is 23.1 Å². The highest BCUT2D eigenvalue weighted by Crippen LogP contribution is 2.31. The van der Waals surface area contributed by atoms with Gasteiger partial charge in [0.2, 0.25) is 0 Å². The fraction of sp³-hybridized carbons (Fsp3) is 0.500. The summed E-state index contributed by atoms with van der Waals surface area (Å²) in [5.41, 5.74) is 17.3. The number of nitrogens with two attached hydrogens (primary N) is 2. The van der Waals surface area contributed by atoms with Crippen LogP contribution in [0.2, 0.25) is 5.02 Å². The van der Waals surface area contributed by atoms with Crippen LogP contribution < -0.4 is 11.5 Å². The summed E-state index contributed by atoms with van der Waals surface area (Å²) in [5, 5.41) is 0.597. The summed E-state index contributed by atoms with van der Waals surface area (Å²) in [7, 11) is 0. The van der Waals surface area contributed by atoms with Gasteiger partial charge in [0.1, 0.15) is 5.78 Å². The van der Waals surface area contributed by atoms with Crippen molar-refractivity contribution in [2.75, 3.05) is 12.3 Å². The Morgan fingerprint density at radius 2 is 1.70 bits per heavy atom. The minimum atomic E-state index is 0.0856. The lowest BCUT2D eigenvalue weighted by Gasteiger charge is -2.26. The van der Waals surface area contributed by atoms with Gasteiger partial charge in [-0.2, -0.15) is 0 Å². The molecule has 2 rings (SSSR count). The summed E-state index contributed by atoms with van der Waals surface area (Å²) >= 11 is 5.83. The van der Waals surface area contributed by atoms with E-state index in [0.29, 0.717) is 23.0 Å². The van der Waals surface area contributed by atoms with E-state index in [-0.39, 0.29) is 11.2 Å². The average molecular weight is 433 g/mol. The van der Waals surface area contributed by atoms with E-state index in [9.17, 15) is 4.79 Å². The van der Waals surface area contributed by atoms with Crippen LogP contribution in [0.5, 0.6) is 0 Å². The van der Waals surface area contributed by atoms with E-state index >= 15 is 0 Å². The van der Waals surface area contributed by atoms with Crippen LogP contribution in [-0.4, -0.2) is 12.3 Å². The van der Waals surface area contributed by atoms with E-state index in [0.717, 1.165) is 18.5 Å². The Kier molecular flexibility index (Phi) is 12.6. The van der Waals surface area contributed by atoms with Gasteiger partial charge in [0.25, 0.3) is 0 Å². The molecule has 2 aromatic rings. The molecule has 0 aromatic heterocycles. The Bertz CT molecular complexity index is 792. The minimum absolute atomic E-state index is 0.0856. The van der Waals surface area contributed by atoms with Crippen molar-refractivity contribution in [1.29, 1.82) is 0 Å². The smallest absolute Gasteiger partial charge is 0.134 e. The van der Waals surface area contributed by atoms with Gasteiger partial charge in [0.15, 0.2) is 0 Å². The van der Waals surface area contributed by atoms with Crippen molar-refractivity contribution in [2.24, 2.45) is 5.73 Å². The Morgan fingerprint density at radius 3 is 2.17 bits per heavy atom. The third-order valence-corrected chi connectivity index (χ3v) is 4.91. The molecule has 0 unspecified atom stereocenters. The van der Waals surface area contributed by atoms with Crippen LogP contribution in [0.1, 0.15) is 83.6 Å². The number of hydrogen-bond acceptors (Lipinski definition) is 3. The summed E-state index contributed by atoms with van der Waals surface area (Å²) in [4.78, 5) is 10.8. The molecule has 0 saturated heterocycles. The van der Waals surface area contributed by atoms with Crippen molar-refractivity contribution in [1.82, 2.24) is 0 Å². The molecule has 30 heavy (non-hydrogen) atoms. The number of halogens is 1. The zero-order valence-corrected chi connectivity index (χ0v) is 20.9. The minimum Gasteiger partial charge on any atom is -0.399 e. The summed E-state index contributed by atoms with van der Waals surface area (Å²) in [6.45, 7) is 17.6. The first kappa shape index (κ1) is 28.2. The van der Waals surface area contributed by atoms with E-state index in [1.54, 1.807) is 18.2 Å². The maximum absolute atomic E-state index is 10.8. The Morgan fingerprint density at radius 1 is 1.10 bits per heavy atom. The van der Waals surface area contributed by atoms with Gasteiger partial charge in [-0.05, 0) is 71.7 Å². The molecule has 0 bridgehead atoms. The van der Waals surface area contributed by atoms with Gasteiger partial charge in [0.05, 0.1) is 0 Å². The SMILES string of the molecule is CC.CC(=O)Cc1cc(N)ccc1Cl.CC(C)c1cccc(C(C)(C)C)c1CCN. The van der Waals surface area contributed by atoms with Gasteiger partial charge in [-0.3, -0.25) is 4.79 Å². The number of benzene rings is 2. The zero-order chi connectivity index (χ0) is 23.5. The molecule has 0 aliphatic rings. The predicted molar refractivity (Wildman–Crippen MR) is 134 cm³/mol. The molecule has 0 aliphatic carbocycles. The molecule has 168 valence electrons. The first-order chi connectivity index (χ1) is 14.0. The van der Waals surface area contributed by atoms with Crippen molar-refractivity contribution in [3.8, 4) is 0 Å². The second-order valence-corrected chi connectivity index (χ2v) is 8.95. The number of nitrogen functional groups attached to an aromatic ring is 1. The number of Topliss-reactive ketones (excluding diaryl/α,β-unsaturated/α-hetero) is 1. The molecule has 0 heterocycles. The van der Waals surface area contributed by atoms with Gasteiger partial charge < -0.3 is 11.5 Å². The van der Waals surface area contributed by atoms with Crippen LogP contribution in [0.3, 0.4) is 0 Å². The highest BCUT2D eigenvalue weighted by Gasteiger charge is 2.20. The van der Waals surface area contributed by atoms with Crippen LogP contribution in [0.25, 0.3) is 0 Å². The lowest BCUT2D eigenvalue weighted by Crippen LogP contribution is -2.18. The molecule has 4 N–H and O–H groups in total. The number of anilines is 1. The number of carbonyl (C=O) groups is 1. The van der Waals surface area contributed by atoms with Gasteiger partial charge >= 0.3 is 0 Å². The molecule has 0 spiro atoms. The lowest BCUT2D eigenvalue weighted by atomic mass is 9.79. The highest BCUT2D eigenvalue weighted by atomic mass is 35.5. The van der Waals surface area contributed by atoms with Crippen molar-refractivity contribution < 1.29 is 4.79 Å². The largest absolute Gasteiger partial charge is 0.399 e. The molecule has 0 saturated carbocycles. The highest BCUT2D eigenvalue weighted by molar-refractivity contribution is 6.31. The quantitative estimate of drug-likeness (QED) is 0.517. The number of carbonyl (C=O) groups excluding carboxylic acids is 1. The first-order valence-corrected chi connectivity index (χ1v) is 11.2. The van der Waals surface area contributed by atoms with Crippen LogP contribution in [0.4, 0.5) is 5.69 Å².